The molecule has 3 aliphatic rings. The van der Waals surface area contributed by atoms with Gasteiger partial charge in [-0.25, -0.2) is 0 Å². The molecular formula is C11H16. The molecule has 3 saturated carbocycles. The molecule has 4 unspecified atom stereocenters. The van der Waals surface area contributed by atoms with Gasteiger partial charge in [-0.05, 0) is 55.8 Å². The minimum atomic E-state index is 1.08. The number of hydrogen-bond donors (Lipinski definition) is 0. The van der Waals surface area contributed by atoms with Gasteiger partial charge in [0, 0.05) is 0 Å². The minimum Gasteiger partial charge on any atom is -0.0998 e. The smallest absolute Gasteiger partial charge is 0.0289 e. The molecule has 0 radical (unpaired) electrons. The van der Waals surface area contributed by atoms with E-state index in [-0.39, 0.29) is 0 Å². The third-order valence-electron chi connectivity index (χ3n) is 4.32. The van der Waals surface area contributed by atoms with Crippen molar-refractivity contribution in [2.24, 2.45) is 23.7 Å². The summed E-state index contributed by atoms with van der Waals surface area (Å²) in [5.74, 6) is 4.40. The Morgan fingerprint density at radius 2 is 1.55 bits per heavy atom. The zero-order chi connectivity index (χ0) is 7.42. The van der Waals surface area contributed by atoms with Gasteiger partial charge in [0.05, 0.1) is 0 Å². The number of rotatable bonds is 0. The van der Waals surface area contributed by atoms with Crippen LogP contribution in [-0.2, 0) is 0 Å². The Morgan fingerprint density at radius 1 is 1.00 bits per heavy atom. The first kappa shape index (κ1) is 6.28. The zero-order valence-electron chi connectivity index (χ0n) is 7.05. The van der Waals surface area contributed by atoms with Crippen molar-refractivity contribution in [1.82, 2.24) is 0 Å². The lowest BCUT2D eigenvalue weighted by Crippen LogP contribution is -2.15. The lowest BCUT2D eigenvalue weighted by molar-refractivity contribution is 0.259. The third kappa shape index (κ3) is 0.706. The van der Waals surface area contributed by atoms with E-state index in [1.807, 2.05) is 0 Å². The molecule has 60 valence electrons. The van der Waals surface area contributed by atoms with Crippen molar-refractivity contribution in [1.29, 1.82) is 0 Å². The first-order chi connectivity index (χ1) is 5.34. The van der Waals surface area contributed by atoms with E-state index in [9.17, 15) is 0 Å². The molecule has 3 aliphatic carbocycles. The molecule has 0 heteroatoms. The van der Waals surface area contributed by atoms with Crippen molar-refractivity contribution in [2.75, 3.05) is 0 Å². The van der Waals surface area contributed by atoms with Crippen LogP contribution in [-0.4, -0.2) is 0 Å². The van der Waals surface area contributed by atoms with Gasteiger partial charge in [-0.3, -0.25) is 0 Å². The fraction of sp³-hybridized carbons (Fsp3) is 0.818. The molecule has 0 aromatic carbocycles. The predicted molar refractivity (Wildman–Crippen MR) is 46.2 cm³/mol. The molecule has 3 fully saturated rings. The summed E-state index contributed by atoms with van der Waals surface area (Å²) in [4.78, 5) is 0. The maximum Gasteiger partial charge on any atom is -0.0289 e. The average molecular weight is 148 g/mol. The Bertz CT molecular complexity index is 184. The van der Waals surface area contributed by atoms with Crippen LogP contribution in [0.4, 0.5) is 0 Å². The Labute approximate surface area is 68.7 Å². The summed E-state index contributed by atoms with van der Waals surface area (Å²) in [7, 11) is 0. The molecule has 0 spiro atoms. The molecule has 0 aromatic rings. The Hall–Kier alpha value is -0.260. The quantitative estimate of drug-likeness (QED) is 0.463. The number of allylic oxidation sites excluding steroid dienone is 1. The molecule has 0 amide bonds. The fourth-order valence-corrected chi connectivity index (χ4v) is 3.92. The monoisotopic (exact) mass is 148 g/mol. The van der Waals surface area contributed by atoms with E-state index >= 15 is 0 Å². The molecule has 0 nitrogen and oxygen atoms in total. The molecule has 11 heavy (non-hydrogen) atoms. The van der Waals surface area contributed by atoms with Crippen LogP contribution in [0.1, 0.15) is 32.1 Å². The summed E-state index contributed by atoms with van der Waals surface area (Å²) in [5, 5.41) is 0. The molecule has 2 bridgehead atoms. The summed E-state index contributed by atoms with van der Waals surface area (Å²) in [6.07, 6.45) is 7.42. The van der Waals surface area contributed by atoms with Gasteiger partial charge in [-0.2, -0.15) is 0 Å². The normalized spacial score (nSPS) is 53.6. The van der Waals surface area contributed by atoms with Crippen LogP contribution in [0.15, 0.2) is 12.2 Å². The molecule has 0 aromatic heterocycles. The summed E-state index contributed by atoms with van der Waals surface area (Å²) in [5.41, 5.74) is 1.55. The lowest BCUT2D eigenvalue weighted by atomic mass is 9.82. The standard InChI is InChI=1S/C11H16/c1-7-4-10-8-2-3-9(6-8)11(10)5-7/h8-11H,1-6H2. The second kappa shape index (κ2) is 1.91. The summed E-state index contributed by atoms with van der Waals surface area (Å²) in [6.45, 7) is 4.13. The van der Waals surface area contributed by atoms with Gasteiger partial charge >= 0.3 is 0 Å². The second-order valence-corrected chi connectivity index (χ2v) is 4.82. The van der Waals surface area contributed by atoms with Crippen LogP contribution in [0.5, 0.6) is 0 Å². The molecule has 0 saturated heterocycles. The van der Waals surface area contributed by atoms with Gasteiger partial charge in [0.1, 0.15) is 0 Å². The molecular weight excluding hydrogens is 132 g/mol. The Kier molecular flexibility index (Phi) is 1.09. The van der Waals surface area contributed by atoms with Crippen molar-refractivity contribution in [3.05, 3.63) is 12.2 Å². The molecule has 0 N–H and O–H groups in total. The van der Waals surface area contributed by atoms with Crippen LogP contribution in [0.3, 0.4) is 0 Å². The van der Waals surface area contributed by atoms with E-state index in [2.05, 4.69) is 6.58 Å². The largest absolute Gasteiger partial charge is 0.0998 e. The van der Waals surface area contributed by atoms with Crippen molar-refractivity contribution in [3.8, 4) is 0 Å². The lowest BCUT2D eigenvalue weighted by Gasteiger charge is -2.23. The highest BCUT2D eigenvalue weighted by Crippen LogP contribution is 2.59. The van der Waals surface area contributed by atoms with Crippen molar-refractivity contribution >= 4 is 0 Å². The Balaban J connectivity index is 1.92. The third-order valence-corrected chi connectivity index (χ3v) is 4.32. The van der Waals surface area contributed by atoms with Crippen LogP contribution in [0, 0.1) is 23.7 Å². The zero-order valence-corrected chi connectivity index (χ0v) is 7.05. The van der Waals surface area contributed by atoms with Gasteiger partial charge in [0.15, 0.2) is 0 Å². The highest BCUT2D eigenvalue weighted by molar-refractivity contribution is 5.13. The summed E-state index contributed by atoms with van der Waals surface area (Å²) >= 11 is 0. The second-order valence-electron chi connectivity index (χ2n) is 4.82. The van der Waals surface area contributed by atoms with Crippen molar-refractivity contribution in [2.45, 2.75) is 32.1 Å². The maximum atomic E-state index is 4.13. The van der Waals surface area contributed by atoms with Gasteiger partial charge in [-0.1, -0.05) is 12.2 Å². The summed E-state index contributed by atoms with van der Waals surface area (Å²) < 4.78 is 0. The molecule has 0 aliphatic heterocycles. The average Bonchev–Trinajstić information content (AvgIpc) is 2.53. The minimum absolute atomic E-state index is 1.08. The SMILES string of the molecule is C=C1CC2C3CCC(C3)C2C1. The topological polar surface area (TPSA) is 0 Å². The molecule has 3 rings (SSSR count). The highest BCUT2D eigenvalue weighted by atomic mass is 14.5. The first-order valence-corrected chi connectivity index (χ1v) is 5.01. The first-order valence-electron chi connectivity index (χ1n) is 5.01. The van der Waals surface area contributed by atoms with Crippen molar-refractivity contribution in [3.63, 3.8) is 0 Å². The summed E-state index contributed by atoms with van der Waals surface area (Å²) in [6, 6.07) is 0. The molecule has 4 atom stereocenters. The number of hydrogen-bond acceptors (Lipinski definition) is 0. The van der Waals surface area contributed by atoms with E-state index in [0.717, 1.165) is 23.7 Å². The Morgan fingerprint density at radius 3 is 2.09 bits per heavy atom. The van der Waals surface area contributed by atoms with E-state index < -0.39 is 0 Å². The van der Waals surface area contributed by atoms with E-state index in [1.54, 1.807) is 24.8 Å². The van der Waals surface area contributed by atoms with Crippen LogP contribution < -0.4 is 0 Å². The van der Waals surface area contributed by atoms with Crippen molar-refractivity contribution < 1.29 is 0 Å². The number of fused-ring (bicyclic) bond motifs is 5. The van der Waals surface area contributed by atoms with Gasteiger partial charge in [0.2, 0.25) is 0 Å². The van der Waals surface area contributed by atoms with E-state index in [0.29, 0.717) is 0 Å². The van der Waals surface area contributed by atoms with E-state index in [4.69, 9.17) is 0 Å². The molecule has 0 heterocycles. The fourth-order valence-electron chi connectivity index (χ4n) is 3.92. The highest BCUT2D eigenvalue weighted by Gasteiger charge is 2.49. The van der Waals surface area contributed by atoms with Crippen LogP contribution in [0.25, 0.3) is 0 Å². The van der Waals surface area contributed by atoms with Gasteiger partial charge in [-0.15, -0.1) is 0 Å². The van der Waals surface area contributed by atoms with Gasteiger partial charge < -0.3 is 0 Å². The van der Waals surface area contributed by atoms with E-state index in [1.165, 1.54) is 12.8 Å². The van der Waals surface area contributed by atoms with Crippen LogP contribution >= 0.6 is 0 Å². The van der Waals surface area contributed by atoms with Gasteiger partial charge in [0.25, 0.3) is 0 Å². The van der Waals surface area contributed by atoms with Crippen LogP contribution in [0.2, 0.25) is 0 Å². The predicted octanol–water partition coefficient (Wildman–Crippen LogP) is 3.00. The maximum absolute atomic E-state index is 4.13.